The van der Waals surface area contributed by atoms with E-state index < -0.39 is 34.5 Å². The number of hydrogen-bond donors (Lipinski definition) is 5. The Morgan fingerprint density at radius 2 is 1.58 bits per heavy atom. The molecular weight excluding hydrogens is 504 g/mol. The molecule has 11 heteroatoms. The molecular formula is C25H23ClN4O5S. The van der Waals surface area contributed by atoms with Crippen molar-refractivity contribution in [2.45, 2.75) is 12.1 Å². The van der Waals surface area contributed by atoms with Crippen LogP contribution in [0.3, 0.4) is 0 Å². The van der Waals surface area contributed by atoms with Gasteiger partial charge < -0.3 is 15.6 Å². The van der Waals surface area contributed by atoms with Crippen LogP contribution in [-0.4, -0.2) is 54.1 Å². The molecule has 1 saturated heterocycles. The molecule has 0 bridgehead atoms. The van der Waals surface area contributed by atoms with Crippen molar-refractivity contribution in [3.8, 4) is 5.69 Å². The zero-order valence-corrected chi connectivity index (χ0v) is 20.4. The maximum Gasteiger partial charge on any atom is 0.255 e. The highest BCUT2D eigenvalue weighted by Gasteiger charge is 2.39. The summed E-state index contributed by atoms with van der Waals surface area (Å²) in [4.78, 5) is 40.8. The second kappa shape index (κ2) is 9.47. The third-order valence-corrected chi connectivity index (χ3v) is 8.23. The zero-order chi connectivity index (χ0) is 25.4. The Balaban J connectivity index is 1.29. The van der Waals surface area contributed by atoms with Crippen LogP contribution in [0.15, 0.2) is 77.9 Å². The van der Waals surface area contributed by atoms with Crippen molar-refractivity contribution in [3.63, 3.8) is 0 Å². The molecule has 1 fully saturated rings. The monoisotopic (exact) mass is 526 g/mol. The SMILES string of the molecule is O=C(NC1CS(O)(O)CC1NC(=O)c1ccc2c(Cl)c[nH]c2c1)c1ccc(-n2ccccc2=O)cc1. The van der Waals surface area contributed by atoms with Crippen LogP contribution in [-0.2, 0) is 0 Å². The summed E-state index contributed by atoms with van der Waals surface area (Å²) in [6.45, 7) is 0. The van der Waals surface area contributed by atoms with E-state index >= 15 is 0 Å². The van der Waals surface area contributed by atoms with E-state index in [9.17, 15) is 23.5 Å². The van der Waals surface area contributed by atoms with Crippen LogP contribution < -0.4 is 16.2 Å². The van der Waals surface area contributed by atoms with Gasteiger partial charge in [-0.1, -0.05) is 23.7 Å². The van der Waals surface area contributed by atoms with E-state index in [1.807, 2.05) is 0 Å². The molecule has 0 radical (unpaired) electrons. The Morgan fingerprint density at radius 3 is 2.25 bits per heavy atom. The first kappa shape index (κ1) is 24.1. The Hall–Kier alpha value is -3.57. The van der Waals surface area contributed by atoms with Crippen LogP contribution in [0.25, 0.3) is 16.6 Å². The molecule has 9 nitrogen and oxygen atoms in total. The van der Waals surface area contributed by atoms with Crippen LogP contribution in [0.2, 0.25) is 5.02 Å². The second-order valence-electron chi connectivity index (χ2n) is 8.65. The van der Waals surface area contributed by atoms with Gasteiger partial charge in [-0.25, -0.2) is 0 Å². The smallest absolute Gasteiger partial charge is 0.255 e. The average molecular weight is 527 g/mol. The fourth-order valence-electron chi connectivity index (χ4n) is 4.31. The van der Waals surface area contributed by atoms with E-state index in [0.29, 0.717) is 27.4 Å². The summed E-state index contributed by atoms with van der Waals surface area (Å²) in [6, 6.07) is 15.0. The predicted molar refractivity (Wildman–Crippen MR) is 140 cm³/mol. The Labute approximate surface area is 212 Å². The van der Waals surface area contributed by atoms with Crippen molar-refractivity contribution >= 4 is 44.9 Å². The van der Waals surface area contributed by atoms with Crippen molar-refractivity contribution in [2.75, 3.05) is 11.5 Å². The quantitative estimate of drug-likeness (QED) is 0.270. The van der Waals surface area contributed by atoms with E-state index in [1.165, 1.54) is 10.6 Å². The fourth-order valence-corrected chi connectivity index (χ4v) is 6.45. The maximum absolute atomic E-state index is 12.9. The largest absolute Gasteiger partial charge is 0.360 e. The Kier molecular flexibility index (Phi) is 6.35. The van der Waals surface area contributed by atoms with Gasteiger partial charge in [0.05, 0.1) is 28.6 Å². The summed E-state index contributed by atoms with van der Waals surface area (Å²) >= 11 is 6.10. The lowest BCUT2D eigenvalue weighted by molar-refractivity contribution is 0.0897. The molecule has 0 aliphatic carbocycles. The van der Waals surface area contributed by atoms with Crippen molar-refractivity contribution < 1.29 is 18.7 Å². The van der Waals surface area contributed by atoms with Gasteiger partial charge in [-0.05, 0) is 42.5 Å². The molecule has 0 spiro atoms. The van der Waals surface area contributed by atoms with Crippen LogP contribution >= 0.6 is 22.2 Å². The minimum absolute atomic E-state index is 0.0594. The van der Waals surface area contributed by atoms with Gasteiger partial charge in [-0.15, -0.1) is 0 Å². The summed E-state index contributed by atoms with van der Waals surface area (Å²) in [7, 11) is -2.97. The number of fused-ring (bicyclic) bond motifs is 1. The number of rotatable bonds is 5. The van der Waals surface area contributed by atoms with E-state index in [0.717, 1.165) is 5.39 Å². The van der Waals surface area contributed by atoms with Crippen LogP contribution in [0.1, 0.15) is 20.7 Å². The highest BCUT2D eigenvalue weighted by atomic mass is 35.5. The molecule has 2 amide bonds. The maximum atomic E-state index is 12.9. The Bertz CT molecular complexity index is 1510. The first-order valence-corrected chi connectivity index (χ1v) is 13.4. The number of benzene rings is 2. The summed E-state index contributed by atoms with van der Waals surface area (Å²) < 4.78 is 22.1. The lowest BCUT2D eigenvalue weighted by Crippen LogP contribution is -2.51. The molecule has 186 valence electrons. The Morgan fingerprint density at radius 1 is 0.944 bits per heavy atom. The van der Waals surface area contributed by atoms with Gasteiger partial charge in [0, 0.05) is 46.2 Å². The number of amides is 2. The van der Waals surface area contributed by atoms with E-state index in [2.05, 4.69) is 15.6 Å². The predicted octanol–water partition coefficient (Wildman–Crippen LogP) is 3.63. The minimum Gasteiger partial charge on any atom is -0.360 e. The fraction of sp³-hybridized carbons (Fsp3) is 0.160. The highest BCUT2D eigenvalue weighted by molar-refractivity contribution is 8.24. The number of pyridine rings is 1. The van der Waals surface area contributed by atoms with Gasteiger partial charge in [0.15, 0.2) is 0 Å². The van der Waals surface area contributed by atoms with Gasteiger partial charge in [0.2, 0.25) is 0 Å². The number of hydrogen-bond acceptors (Lipinski definition) is 5. The van der Waals surface area contributed by atoms with Crippen molar-refractivity contribution in [1.29, 1.82) is 0 Å². The molecule has 2 atom stereocenters. The average Bonchev–Trinajstić information content (AvgIpc) is 3.36. The van der Waals surface area contributed by atoms with Crippen molar-refractivity contribution in [1.82, 2.24) is 20.2 Å². The van der Waals surface area contributed by atoms with Gasteiger partial charge >= 0.3 is 0 Å². The topological polar surface area (TPSA) is 136 Å². The van der Waals surface area contributed by atoms with Gasteiger partial charge in [0.25, 0.3) is 17.4 Å². The molecule has 2 aromatic heterocycles. The minimum atomic E-state index is -2.97. The van der Waals surface area contributed by atoms with Crippen LogP contribution in [0, 0.1) is 0 Å². The number of nitrogens with zero attached hydrogens (tertiary/aromatic N) is 1. The van der Waals surface area contributed by atoms with Crippen LogP contribution in [0.4, 0.5) is 0 Å². The van der Waals surface area contributed by atoms with Crippen molar-refractivity contribution in [2.24, 2.45) is 0 Å². The van der Waals surface area contributed by atoms with E-state index in [-0.39, 0.29) is 17.1 Å². The first-order chi connectivity index (χ1) is 17.2. The van der Waals surface area contributed by atoms with E-state index in [1.54, 1.807) is 67.0 Å². The van der Waals surface area contributed by atoms with Gasteiger partial charge in [-0.2, -0.15) is 10.6 Å². The zero-order valence-electron chi connectivity index (χ0n) is 18.8. The molecule has 36 heavy (non-hydrogen) atoms. The molecule has 5 rings (SSSR count). The molecule has 4 aromatic rings. The lowest BCUT2D eigenvalue weighted by Gasteiger charge is -2.25. The number of carbonyl (C=O) groups is 2. The number of aromatic amines is 1. The summed E-state index contributed by atoms with van der Waals surface area (Å²) in [6.07, 6.45) is 3.27. The summed E-state index contributed by atoms with van der Waals surface area (Å²) in [5, 5.41) is 6.98. The number of carbonyl (C=O) groups excluding carboxylic acids is 2. The molecule has 2 unspecified atom stereocenters. The highest BCUT2D eigenvalue weighted by Crippen LogP contribution is 2.46. The number of nitrogens with one attached hydrogen (secondary N) is 3. The standard InChI is InChI=1S/C25H23ClN4O5S/c26-19-12-27-20-11-16(6-9-18(19)20)25(33)29-22-14-36(34,35)13-21(22)28-24(32)15-4-7-17(8-5-15)30-10-2-1-3-23(30)31/h1-12,21-22,27,34-35H,13-14H2,(H,28,32)(H,29,33). The van der Waals surface area contributed by atoms with Gasteiger partial charge in [0.1, 0.15) is 0 Å². The summed E-state index contributed by atoms with van der Waals surface area (Å²) in [5.74, 6) is -0.949. The number of H-pyrrole nitrogens is 1. The van der Waals surface area contributed by atoms with Gasteiger partial charge in [-0.3, -0.25) is 28.1 Å². The molecule has 5 N–H and O–H groups in total. The molecule has 3 heterocycles. The van der Waals surface area contributed by atoms with Crippen molar-refractivity contribution in [3.05, 3.63) is 99.6 Å². The van der Waals surface area contributed by atoms with Crippen LogP contribution in [0.5, 0.6) is 0 Å². The normalized spacial score (nSPS) is 19.6. The molecule has 2 aromatic carbocycles. The summed E-state index contributed by atoms with van der Waals surface area (Å²) in [5.41, 5.74) is 1.83. The first-order valence-electron chi connectivity index (χ1n) is 11.1. The molecule has 0 saturated carbocycles. The third kappa shape index (κ3) is 4.89. The molecule has 1 aliphatic heterocycles. The number of halogens is 1. The number of aromatic nitrogens is 2. The second-order valence-corrected chi connectivity index (χ2v) is 11.3. The lowest BCUT2D eigenvalue weighted by atomic mass is 10.1. The van der Waals surface area contributed by atoms with E-state index in [4.69, 9.17) is 11.6 Å². The molecule has 1 aliphatic rings. The third-order valence-electron chi connectivity index (χ3n) is 6.14.